The van der Waals surface area contributed by atoms with Crippen LogP contribution < -0.4 is 5.32 Å². The smallest absolute Gasteiger partial charge is 0.0676 e. The van der Waals surface area contributed by atoms with Crippen molar-refractivity contribution >= 4 is 12.4 Å². The lowest BCUT2D eigenvalue weighted by Crippen LogP contribution is -2.43. The Balaban J connectivity index is 0.00000196. The maximum absolute atomic E-state index is 10.6. The van der Waals surface area contributed by atoms with Crippen LogP contribution in [-0.4, -0.2) is 23.8 Å². The molecule has 1 heterocycles. The van der Waals surface area contributed by atoms with Gasteiger partial charge in [0.05, 0.1) is 5.60 Å². The molecule has 0 aromatic heterocycles. The molecule has 3 heteroatoms. The van der Waals surface area contributed by atoms with Crippen molar-refractivity contribution in [3.63, 3.8) is 0 Å². The molecule has 2 N–H and O–H groups in total. The van der Waals surface area contributed by atoms with E-state index in [9.17, 15) is 5.11 Å². The molecule has 0 aliphatic carbocycles. The third-order valence-corrected chi connectivity index (χ3v) is 3.46. The molecule has 1 rings (SSSR count). The van der Waals surface area contributed by atoms with Crippen LogP contribution in [0.3, 0.4) is 0 Å². The number of aliphatic hydroxyl groups is 1. The van der Waals surface area contributed by atoms with Crippen LogP contribution in [-0.2, 0) is 0 Å². The Kier molecular flexibility index (Phi) is 7.58. The molecule has 1 aliphatic rings. The van der Waals surface area contributed by atoms with Crippen LogP contribution >= 0.6 is 12.4 Å². The third-order valence-electron chi connectivity index (χ3n) is 3.46. The molecule has 0 unspecified atom stereocenters. The summed E-state index contributed by atoms with van der Waals surface area (Å²) in [5.41, 5.74) is -0.369. The maximum atomic E-state index is 10.6. The molecule has 0 spiro atoms. The Morgan fingerprint density at radius 1 is 1.13 bits per heavy atom. The predicted octanol–water partition coefficient (Wildman–Crippen LogP) is 2.74. The van der Waals surface area contributed by atoms with Crippen LogP contribution in [0.15, 0.2) is 0 Å². The molecular weight excluding hydrogens is 210 g/mol. The Morgan fingerprint density at radius 2 is 1.60 bits per heavy atom. The minimum Gasteiger partial charge on any atom is -0.390 e. The lowest BCUT2D eigenvalue weighted by molar-refractivity contribution is -0.0455. The van der Waals surface area contributed by atoms with Gasteiger partial charge in [-0.1, -0.05) is 26.7 Å². The summed E-state index contributed by atoms with van der Waals surface area (Å²) in [6, 6.07) is 0. The van der Waals surface area contributed by atoms with Crippen molar-refractivity contribution in [2.75, 3.05) is 13.1 Å². The second-order valence-corrected chi connectivity index (χ2v) is 4.63. The molecule has 0 bridgehead atoms. The summed E-state index contributed by atoms with van der Waals surface area (Å²) in [6.45, 7) is 6.50. The molecule has 0 radical (unpaired) electrons. The zero-order chi connectivity index (χ0) is 10.4. The maximum Gasteiger partial charge on any atom is 0.0676 e. The van der Waals surface area contributed by atoms with E-state index in [4.69, 9.17) is 0 Å². The lowest BCUT2D eigenvalue weighted by Gasteiger charge is -2.38. The number of rotatable bonds is 5. The van der Waals surface area contributed by atoms with Crippen molar-refractivity contribution < 1.29 is 5.11 Å². The highest BCUT2D eigenvalue weighted by Crippen LogP contribution is 2.33. The van der Waals surface area contributed by atoms with Gasteiger partial charge in [0, 0.05) is 0 Å². The summed E-state index contributed by atoms with van der Waals surface area (Å²) in [5, 5.41) is 14.0. The minimum absolute atomic E-state index is 0. The van der Waals surface area contributed by atoms with Gasteiger partial charge in [0.1, 0.15) is 0 Å². The highest BCUT2D eigenvalue weighted by Gasteiger charge is 2.35. The number of hydrogen-bond donors (Lipinski definition) is 2. The first-order valence-electron chi connectivity index (χ1n) is 6.16. The van der Waals surface area contributed by atoms with Crippen molar-refractivity contribution in [2.45, 2.75) is 58.0 Å². The number of nitrogens with one attached hydrogen (secondary N) is 1. The Bertz CT molecular complexity index is 152. The molecule has 0 amide bonds. The summed E-state index contributed by atoms with van der Waals surface area (Å²) in [5.74, 6) is 0.531. The molecule has 0 atom stereocenters. The highest BCUT2D eigenvalue weighted by atomic mass is 35.5. The predicted molar refractivity (Wildman–Crippen MR) is 67.6 cm³/mol. The van der Waals surface area contributed by atoms with E-state index < -0.39 is 0 Å². The normalized spacial score (nSPS) is 18.6. The zero-order valence-corrected chi connectivity index (χ0v) is 10.9. The van der Waals surface area contributed by atoms with E-state index in [-0.39, 0.29) is 18.0 Å². The topological polar surface area (TPSA) is 32.3 Å². The summed E-state index contributed by atoms with van der Waals surface area (Å²) < 4.78 is 0. The van der Waals surface area contributed by atoms with Crippen LogP contribution in [0, 0.1) is 5.92 Å². The van der Waals surface area contributed by atoms with Crippen LogP contribution in [0.1, 0.15) is 52.4 Å². The van der Waals surface area contributed by atoms with E-state index >= 15 is 0 Å². The van der Waals surface area contributed by atoms with Gasteiger partial charge in [-0.15, -0.1) is 12.4 Å². The van der Waals surface area contributed by atoms with Crippen molar-refractivity contribution in [1.29, 1.82) is 0 Å². The summed E-state index contributed by atoms with van der Waals surface area (Å²) in [4.78, 5) is 0. The molecule has 1 fully saturated rings. The van der Waals surface area contributed by atoms with E-state index in [1.165, 1.54) is 0 Å². The quantitative estimate of drug-likeness (QED) is 0.768. The van der Waals surface area contributed by atoms with E-state index in [0.717, 1.165) is 51.6 Å². The summed E-state index contributed by atoms with van der Waals surface area (Å²) in [6.07, 6.45) is 6.45. The molecule has 0 aromatic rings. The largest absolute Gasteiger partial charge is 0.390 e. The molecule has 0 aromatic carbocycles. The second-order valence-electron chi connectivity index (χ2n) is 4.63. The van der Waals surface area contributed by atoms with Crippen LogP contribution in [0.5, 0.6) is 0 Å². The molecule has 15 heavy (non-hydrogen) atoms. The van der Waals surface area contributed by atoms with E-state index in [0.29, 0.717) is 5.92 Å². The van der Waals surface area contributed by atoms with Gasteiger partial charge < -0.3 is 10.4 Å². The number of piperidine rings is 1. The van der Waals surface area contributed by atoms with Gasteiger partial charge in [-0.2, -0.15) is 0 Å². The van der Waals surface area contributed by atoms with Crippen molar-refractivity contribution in [2.24, 2.45) is 5.92 Å². The van der Waals surface area contributed by atoms with Gasteiger partial charge in [0.25, 0.3) is 0 Å². The fraction of sp³-hybridized carbons (Fsp3) is 1.00. The number of hydrogen-bond acceptors (Lipinski definition) is 2. The molecular formula is C12H26ClNO. The Hall–Kier alpha value is 0.210. The van der Waals surface area contributed by atoms with Crippen molar-refractivity contribution in [3.05, 3.63) is 0 Å². The zero-order valence-electron chi connectivity index (χ0n) is 10.1. The minimum atomic E-state index is -0.369. The molecule has 1 aliphatic heterocycles. The Morgan fingerprint density at radius 3 is 2.00 bits per heavy atom. The molecule has 1 saturated heterocycles. The van der Waals surface area contributed by atoms with Gasteiger partial charge in [-0.25, -0.2) is 0 Å². The molecule has 2 nitrogen and oxygen atoms in total. The first-order valence-corrected chi connectivity index (χ1v) is 6.16. The van der Waals surface area contributed by atoms with Crippen molar-refractivity contribution in [1.82, 2.24) is 5.32 Å². The van der Waals surface area contributed by atoms with Crippen LogP contribution in [0.2, 0.25) is 0 Å². The van der Waals surface area contributed by atoms with Gasteiger partial charge in [0.15, 0.2) is 0 Å². The lowest BCUT2D eigenvalue weighted by atomic mass is 9.75. The third kappa shape index (κ3) is 4.29. The summed E-state index contributed by atoms with van der Waals surface area (Å²) >= 11 is 0. The van der Waals surface area contributed by atoms with Crippen LogP contribution in [0.4, 0.5) is 0 Å². The first-order chi connectivity index (χ1) is 6.73. The van der Waals surface area contributed by atoms with Gasteiger partial charge in [0.2, 0.25) is 0 Å². The molecule has 92 valence electrons. The Labute approximate surface area is 100 Å². The SMILES string of the molecule is CCCC(O)(CCC)C1CCNCC1.Cl. The summed E-state index contributed by atoms with van der Waals surface area (Å²) in [7, 11) is 0. The fourth-order valence-corrected chi connectivity index (χ4v) is 2.76. The van der Waals surface area contributed by atoms with Gasteiger partial charge in [-0.05, 0) is 44.7 Å². The molecule has 0 saturated carbocycles. The van der Waals surface area contributed by atoms with Crippen molar-refractivity contribution in [3.8, 4) is 0 Å². The van der Waals surface area contributed by atoms with E-state index in [1.54, 1.807) is 0 Å². The number of halogens is 1. The van der Waals surface area contributed by atoms with Crippen LogP contribution in [0.25, 0.3) is 0 Å². The first kappa shape index (κ1) is 15.2. The van der Waals surface area contributed by atoms with Gasteiger partial charge in [-0.3, -0.25) is 0 Å². The second kappa shape index (κ2) is 7.48. The average molecular weight is 236 g/mol. The van der Waals surface area contributed by atoms with E-state index in [2.05, 4.69) is 19.2 Å². The standard InChI is InChI=1S/C12H25NO.ClH/c1-3-7-12(14,8-4-2)11-5-9-13-10-6-11;/h11,13-14H,3-10H2,1-2H3;1H. The van der Waals surface area contributed by atoms with E-state index in [1.807, 2.05) is 0 Å². The monoisotopic (exact) mass is 235 g/mol. The average Bonchev–Trinajstić information content (AvgIpc) is 2.20. The highest BCUT2D eigenvalue weighted by molar-refractivity contribution is 5.85. The van der Waals surface area contributed by atoms with Gasteiger partial charge >= 0.3 is 0 Å². The fourth-order valence-electron chi connectivity index (χ4n) is 2.76.